The van der Waals surface area contributed by atoms with Crippen molar-refractivity contribution in [1.82, 2.24) is 0 Å². The minimum absolute atomic E-state index is 0.458. The van der Waals surface area contributed by atoms with Crippen LogP contribution in [0.1, 0.15) is 50.7 Å². The van der Waals surface area contributed by atoms with Crippen molar-refractivity contribution in [2.45, 2.75) is 44.4 Å². The molecule has 0 spiro atoms. The van der Waals surface area contributed by atoms with Gasteiger partial charge in [0.1, 0.15) is 0 Å². The van der Waals surface area contributed by atoms with Gasteiger partial charge in [-0.25, -0.2) is 0 Å². The lowest BCUT2D eigenvalue weighted by molar-refractivity contribution is 0.830. The van der Waals surface area contributed by atoms with Gasteiger partial charge in [0.15, 0.2) is 0 Å². The van der Waals surface area contributed by atoms with Crippen LogP contribution in [-0.2, 0) is 0 Å². The van der Waals surface area contributed by atoms with Gasteiger partial charge in [-0.1, -0.05) is 33.8 Å². The van der Waals surface area contributed by atoms with E-state index in [1.807, 2.05) is 0 Å². The van der Waals surface area contributed by atoms with Crippen LogP contribution in [0.3, 0.4) is 0 Å². The lowest BCUT2D eigenvalue weighted by Crippen LogP contribution is -2.00. The first kappa shape index (κ1) is 11.4. The largest absolute Gasteiger partial charge is 0.398 e. The molecule has 14 heavy (non-hydrogen) atoms. The highest BCUT2D eigenvalue weighted by molar-refractivity contribution is 7.80. The molecule has 0 heterocycles. The fraction of sp³-hybridized carbons (Fsp3) is 0.500. The van der Waals surface area contributed by atoms with E-state index in [1.165, 1.54) is 11.1 Å². The Morgan fingerprint density at radius 1 is 1.07 bits per heavy atom. The van der Waals surface area contributed by atoms with Crippen LogP contribution in [-0.4, -0.2) is 0 Å². The molecule has 0 amide bonds. The van der Waals surface area contributed by atoms with E-state index in [4.69, 9.17) is 5.73 Å². The van der Waals surface area contributed by atoms with Gasteiger partial charge < -0.3 is 5.73 Å². The maximum absolute atomic E-state index is 5.98. The van der Waals surface area contributed by atoms with Crippen LogP contribution in [0.25, 0.3) is 0 Å². The number of anilines is 1. The molecule has 0 atom stereocenters. The molecule has 2 N–H and O–H groups in total. The Kier molecular flexibility index (Phi) is 3.48. The van der Waals surface area contributed by atoms with Crippen LogP contribution < -0.4 is 5.73 Å². The third kappa shape index (κ3) is 2.24. The van der Waals surface area contributed by atoms with Gasteiger partial charge in [0.25, 0.3) is 0 Å². The van der Waals surface area contributed by atoms with E-state index < -0.39 is 0 Å². The predicted octanol–water partition coefficient (Wildman–Crippen LogP) is 3.80. The van der Waals surface area contributed by atoms with Crippen molar-refractivity contribution < 1.29 is 0 Å². The second-order valence-electron chi connectivity index (χ2n) is 4.35. The van der Waals surface area contributed by atoms with E-state index >= 15 is 0 Å². The van der Waals surface area contributed by atoms with Gasteiger partial charge in [-0.2, -0.15) is 0 Å². The molecule has 0 saturated heterocycles. The minimum Gasteiger partial charge on any atom is -0.398 e. The summed E-state index contributed by atoms with van der Waals surface area (Å²) in [6.07, 6.45) is 0. The Bertz CT molecular complexity index is 329. The highest BCUT2D eigenvalue weighted by Gasteiger charge is 2.10. The first-order chi connectivity index (χ1) is 6.43. The maximum Gasteiger partial charge on any atom is 0.0485 e. The summed E-state index contributed by atoms with van der Waals surface area (Å²) in [7, 11) is 0. The van der Waals surface area contributed by atoms with Gasteiger partial charge in [0.05, 0.1) is 0 Å². The molecule has 1 aromatic carbocycles. The molecule has 0 saturated carbocycles. The molecule has 0 aliphatic carbocycles. The lowest BCUT2D eigenvalue weighted by Gasteiger charge is -2.15. The molecule has 0 bridgehead atoms. The number of rotatable bonds is 2. The van der Waals surface area contributed by atoms with Crippen molar-refractivity contribution >= 4 is 18.3 Å². The van der Waals surface area contributed by atoms with E-state index in [9.17, 15) is 0 Å². The second-order valence-corrected chi connectivity index (χ2v) is 4.83. The van der Waals surface area contributed by atoms with Crippen molar-refractivity contribution in [3.8, 4) is 0 Å². The summed E-state index contributed by atoms with van der Waals surface area (Å²) in [5.74, 6) is 0.985. The number of hydrogen-bond donors (Lipinski definition) is 2. The molecule has 0 aliphatic rings. The first-order valence-corrected chi connectivity index (χ1v) is 5.50. The molecule has 1 aromatic rings. The zero-order chi connectivity index (χ0) is 10.9. The fourth-order valence-electron chi connectivity index (χ4n) is 1.49. The smallest absolute Gasteiger partial charge is 0.0485 e. The molecular weight excluding hydrogens is 190 g/mol. The van der Waals surface area contributed by atoms with Crippen molar-refractivity contribution in [3.63, 3.8) is 0 Å². The maximum atomic E-state index is 5.98. The monoisotopic (exact) mass is 209 g/mol. The van der Waals surface area contributed by atoms with Gasteiger partial charge in [-0.3, -0.25) is 0 Å². The van der Waals surface area contributed by atoms with Crippen LogP contribution in [0.4, 0.5) is 5.69 Å². The Morgan fingerprint density at radius 2 is 1.64 bits per heavy atom. The average molecular weight is 209 g/mol. The van der Waals surface area contributed by atoms with E-state index in [-0.39, 0.29) is 0 Å². The SMILES string of the molecule is CC(C)c1cc(S)c(N)c(C(C)C)c1. The summed E-state index contributed by atoms with van der Waals surface area (Å²) < 4.78 is 0. The summed E-state index contributed by atoms with van der Waals surface area (Å²) in [5, 5.41) is 0. The van der Waals surface area contributed by atoms with Crippen LogP contribution in [0.5, 0.6) is 0 Å². The van der Waals surface area contributed by atoms with E-state index in [0.29, 0.717) is 11.8 Å². The zero-order valence-corrected chi connectivity index (χ0v) is 10.2. The number of benzene rings is 1. The summed E-state index contributed by atoms with van der Waals surface area (Å²) in [6.45, 7) is 8.68. The zero-order valence-electron chi connectivity index (χ0n) is 9.33. The Balaban J connectivity index is 3.28. The Labute approximate surface area is 92.1 Å². The van der Waals surface area contributed by atoms with Gasteiger partial charge in [0.2, 0.25) is 0 Å². The van der Waals surface area contributed by atoms with Gasteiger partial charge in [-0.15, -0.1) is 12.6 Å². The number of nitrogen functional groups attached to an aromatic ring is 1. The first-order valence-electron chi connectivity index (χ1n) is 5.05. The number of hydrogen-bond acceptors (Lipinski definition) is 2. The summed E-state index contributed by atoms with van der Waals surface area (Å²) >= 11 is 4.40. The molecule has 78 valence electrons. The molecule has 0 aromatic heterocycles. The van der Waals surface area contributed by atoms with Crippen LogP contribution in [0, 0.1) is 0 Å². The molecular formula is C12H19NS. The summed E-state index contributed by atoms with van der Waals surface area (Å²) in [5.41, 5.74) is 9.33. The second kappa shape index (κ2) is 4.26. The average Bonchev–Trinajstić information content (AvgIpc) is 2.08. The molecule has 1 nitrogen and oxygen atoms in total. The predicted molar refractivity (Wildman–Crippen MR) is 66.3 cm³/mol. The van der Waals surface area contributed by atoms with E-state index in [1.54, 1.807) is 0 Å². The quantitative estimate of drug-likeness (QED) is 0.562. The minimum atomic E-state index is 0.458. The Hall–Kier alpha value is -0.630. The third-order valence-electron chi connectivity index (χ3n) is 2.50. The standard InChI is InChI=1S/C12H19NS/c1-7(2)9-5-10(8(3)4)12(13)11(14)6-9/h5-8,14H,13H2,1-4H3. The van der Waals surface area contributed by atoms with Crippen LogP contribution >= 0.6 is 12.6 Å². The van der Waals surface area contributed by atoms with E-state index in [2.05, 4.69) is 52.5 Å². The van der Waals surface area contributed by atoms with E-state index in [0.717, 1.165) is 10.6 Å². The van der Waals surface area contributed by atoms with Crippen LogP contribution in [0.15, 0.2) is 17.0 Å². The topological polar surface area (TPSA) is 26.0 Å². The van der Waals surface area contributed by atoms with Gasteiger partial charge in [-0.05, 0) is 29.0 Å². The van der Waals surface area contributed by atoms with Gasteiger partial charge >= 0.3 is 0 Å². The molecule has 0 aliphatic heterocycles. The highest BCUT2D eigenvalue weighted by Crippen LogP contribution is 2.31. The number of thiol groups is 1. The number of nitrogens with two attached hydrogens (primary N) is 1. The fourth-order valence-corrected chi connectivity index (χ4v) is 1.77. The molecule has 0 unspecified atom stereocenters. The van der Waals surface area contributed by atoms with Crippen molar-refractivity contribution in [2.75, 3.05) is 5.73 Å². The highest BCUT2D eigenvalue weighted by atomic mass is 32.1. The lowest BCUT2D eigenvalue weighted by atomic mass is 9.94. The molecule has 2 heteroatoms. The van der Waals surface area contributed by atoms with Gasteiger partial charge in [0, 0.05) is 10.6 Å². The summed E-state index contributed by atoms with van der Waals surface area (Å²) in [4.78, 5) is 0.903. The molecule has 0 radical (unpaired) electrons. The van der Waals surface area contributed by atoms with Crippen molar-refractivity contribution in [1.29, 1.82) is 0 Å². The van der Waals surface area contributed by atoms with Crippen LogP contribution in [0.2, 0.25) is 0 Å². The normalized spacial score (nSPS) is 11.4. The molecule has 1 rings (SSSR count). The molecule has 0 fully saturated rings. The van der Waals surface area contributed by atoms with Crippen molar-refractivity contribution in [3.05, 3.63) is 23.3 Å². The summed E-state index contributed by atoms with van der Waals surface area (Å²) in [6, 6.07) is 4.26. The third-order valence-corrected chi connectivity index (χ3v) is 2.87. The van der Waals surface area contributed by atoms with Crippen molar-refractivity contribution in [2.24, 2.45) is 0 Å². The Morgan fingerprint density at radius 3 is 2.07 bits per heavy atom.